The highest BCUT2D eigenvalue weighted by atomic mass is 79.9. The lowest BCUT2D eigenvalue weighted by atomic mass is 9.91. The number of nitrogens with one attached hydrogen (secondary N) is 1. The van der Waals surface area contributed by atoms with Crippen molar-refractivity contribution < 1.29 is 4.74 Å². The van der Waals surface area contributed by atoms with Crippen LogP contribution in [0, 0.1) is 0 Å². The Morgan fingerprint density at radius 3 is 2.88 bits per heavy atom. The first-order valence-electron chi connectivity index (χ1n) is 5.98. The van der Waals surface area contributed by atoms with Gasteiger partial charge >= 0.3 is 0 Å². The number of ether oxygens (including phenoxy) is 1. The lowest BCUT2D eigenvalue weighted by Crippen LogP contribution is -2.47. The molecule has 0 spiro atoms. The van der Waals surface area contributed by atoms with E-state index in [1.165, 1.54) is 24.8 Å². The molecular formula is C13H16BrNO. The zero-order chi connectivity index (χ0) is 11.0. The monoisotopic (exact) mass is 281 g/mol. The molecule has 0 saturated heterocycles. The number of hydrogen-bond acceptors (Lipinski definition) is 2. The maximum Gasteiger partial charge on any atom is 0.122 e. The zero-order valence-corrected chi connectivity index (χ0v) is 10.8. The van der Waals surface area contributed by atoms with Crippen LogP contribution in [0.25, 0.3) is 0 Å². The number of hydrogen-bond donors (Lipinski definition) is 1. The van der Waals surface area contributed by atoms with E-state index in [9.17, 15) is 0 Å². The molecule has 3 rings (SSSR count). The molecule has 1 aliphatic heterocycles. The van der Waals surface area contributed by atoms with Crippen molar-refractivity contribution in [3.05, 3.63) is 28.2 Å². The lowest BCUT2D eigenvalue weighted by molar-refractivity contribution is 0.204. The van der Waals surface area contributed by atoms with Gasteiger partial charge in [0.15, 0.2) is 0 Å². The summed E-state index contributed by atoms with van der Waals surface area (Å²) in [5, 5.41) is 3.68. The molecule has 1 aromatic rings. The van der Waals surface area contributed by atoms with Gasteiger partial charge in [-0.15, -0.1) is 0 Å². The Balaban J connectivity index is 1.69. The molecule has 2 nitrogen and oxygen atoms in total. The van der Waals surface area contributed by atoms with E-state index in [4.69, 9.17) is 4.74 Å². The van der Waals surface area contributed by atoms with E-state index in [0.29, 0.717) is 6.04 Å². The highest BCUT2D eigenvalue weighted by molar-refractivity contribution is 9.10. The first kappa shape index (κ1) is 10.6. The fourth-order valence-electron chi connectivity index (χ4n) is 2.38. The quantitative estimate of drug-likeness (QED) is 0.900. The Bertz CT molecular complexity index is 390. The van der Waals surface area contributed by atoms with Crippen LogP contribution in [-0.4, -0.2) is 18.7 Å². The maximum atomic E-state index is 5.78. The predicted molar refractivity (Wildman–Crippen MR) is 67.9 cm³/mol. The summed E-state index contributed by atoms with van der Waals surface area (Å²) in [6.45, 7) is 0.811. The van der Waals surface area contributed by atoms with Crippen molar-refractivity contribution in [2.24, 2.45) is 0 Å². The van der Waals surface area contributed by atoms with Crippen molar-refractivity contribution in [1.82, 2.24) is 5.32 Å². The van der Waals surface area contributed by atoms with Gasteiger partial charge in [0, 0.05) is 16.6 Å². The van der Waals surface area contributed by atoms with Gasteiger partial charge in [-0.3, -0.25) is 0 Å². The summed E-state index contributed by atoms with van der Waals surface area (Å²) in [4.78, 5) is 0. The number of benzene rings is 1. The average molecular weight is 282 g/mol. The van der Waals surface area contributed by atoms with Crippen molar-refractivity contribution in [2.45, 2.75) is 37.8 Å². The van der Waals surface area contributed by atoms with E-state index < -0.39 is 0 Å². The summed E-state index contributed by atoms with van der Waals surface area (Å²) in [7, 11) is 0. The van der Waals surface area contributed by atoms with Gasteiger partial charge in [0.25, 0.3) is 0 Å². The summed E-state index contributed by atoms with van der Waals surface area (Å²) >= 11 is 3.51. The Morgan fingerprint density at radius 2 is 2.12 bits per heavy atom. The van der Waals surface area contributed by atoms with E-state index >= 15 is 0 Å². The van der Waals surface area contributed by atoms with Crippen LogP contribution in [-0.2, 0) is 6.42 Å². The molecular weight excluding hydrogens is 266 g/mol. The van der Waals surface area contributed by atoms with Crippen LogP contribution >= 0.6 is 15.9 Å². The molecule has 1 saturated carbocycles. The lowest BCUT2D eigenvalue weighted by Gasteiger charge is -2.34. The molecule has 2 aliphatic rings. The summed E-state index contributed by atoms with van der Waals surface area (Å²) in [6.07, 6.45) is 5.14. The molecule has 1 N–H and O–H groups in total. The minimum atomic E-state index is 0.493. The Kier molecular flexibility index (Phi) is 2.90. The molecule has 0 bridgehead atoms. The normalized spacial score (nSPS) is 24.4. The van der Waals surface area contributed by atoms with Crippen LogP contribution in [0.4, 0.5) is 0 Å². The molecule has 1 atom stereocenters. The molecule has 86 valence electrons. The SMILES string of the molecule is Brc1ccc2c(c1)CC(NC1CCC1)CO2. The summed E-state index contributed by atoms with van der Waals surface area (Å²) in [5.74, 6) is 1.05. The first-order valence-corrected chi connectivity index (χ1v) is 6.78. The van der Waals surface area contributed by atoms with E-state index in [2.05, 4.69) is 33.4 Å². The fraction of sp³-hybridized carbons (Fsp3) is 0.538. The van der Waals surface area contributed by atoms with Gasteiger partial charge in [0.05, 0.1) is 0 Å². The molecule has 0 radical (unpaired) electrons. The third-order valence-electron chi connectivity index (χ3n) is 3.51. The molecule has 1 aromatic carbocycles. The Morgan fingerprint density at radius 1 is 1.25 bits per heavy atom. The van der Waals surface area contributed by atoms with Crippen LogP contribution in [0.2, 0.25) is 0 Å². The number of rotatable bonds is 2. The minimum absolute atomic E-state index is 0.493. The van der Waals surface area contributed by atoms with Crippen molar-refractivity contribution in [1.29, 1.82) is 0 Å². The van der Waals surface area contributed by atoms with Crippen LogP contribution in [0.5, 0.6) is 5.75 Å². The second-order valence-corrected chi connectivity index (χ2v) is 5.67. The first-order chi connectivity index (χ1) is 7.81. The van der Waals surface area contributed by atoms with Gasteiger partial charge in [-0.25, -0.2) is 0 Å². The molecule has 1 unspecified atom stereocenters. The van der Waals surface area contributed by atoms with E-state index in [1.54, 1.807) is 0 Å². The standard InChI is InChI=1S/C13H16BrNO/c14-10-4-5-13-9(6-10)7-12(8-16-13)15-11-2-1-3-11/h4-6,11-12,15H,1-3,7-8H2. The highest BCUT2D eigenvalue weighted by Gasteiger charge is 2.25. The third-order valence-corrected chi connectivity index (χ3v) is 4.00. The molecule has 1 heterocycles. The zero-order valence-electron chi connectivity index (χ0n) is 9.21. The molecule has 0 amide bonds. The predicted octanol–water partition coefficient (Wildman–Crippen LogP) is 2.89. The molecule has 3 heteroatoms. The van der Waals surface area contributed by atoms with Crippen LogP contribution in [0.3, 0.4) is 0 Å². The highest BCUT2D eigenvalue weighted by Crippen LogP contribution is 2.28. The topological polar surface area (TPSA) is 21.3 Å². The van der Waals surface area contributed by atoms with Gasteiger partial charge in [0.1, 0.15) is 12.4 Å². The summed E-state index contributed by atoms with van der Waals surface area (Å²) < 4.78 is 6.92. The number of halogens is 1. The van der Waals surface area contributed by atoms with Crippen molar-refractivity contribution in [3.63, 3.8) is 0 Å². The van der Waals surface area contributed by atoms with Crippen molar-refractivity contribution >= 4 is 15.9 Å². The van der Waals surface area contributed by atoms with Gasteiger partial charge < -0.3 is 10.1 Å². The van der Waals surface area contributed by atoms with Gasteiger partial charge in [-0.05, 0) is 43.0 Å². The van der Waals surface area contributed by atoms with Crippen LogP contribution < -0.4 is 10.1 Å². The molecule has 16 heavy (non-hydrogen) atoms. The number of fused-ring (bicyclic) bond motifs is 1. The summed E-state index contributed by atoms with van der Waals surface area (Å²) in [6, 6.07) is 7.50. The van der Waals surface area contributed by atoms with Crippen molar-refractivity contribution in [3.8, 4) is 5.75 Å². The maximum absolute atomic E-state index is 5.78. The Labute approximate surface area is 105 Å². The smallest absolute Gasteiger partial charge is 0.122 e. The van der Waals surface area contributed by atoms with Crippen LogP contribution in [0.1, 0.15) is 24.8 Å². The van der Waals surface area contributed by atoms with Gasteiger partial charge in [-0.2, -0.15) is 0 Å². The molecule has 1 fully saturated rings. The second-order valence-electron chi connectivity index (χ2n) is 4.76. The summed E-state index contributed by atoms with van der Waals surface area (Å²) in [5.41, 5.74) is 1.32. The fourth-order valence-corrected chi connectivity index (χ4v) is 2.79. The van der Waals surface area contributed by atoms with E-state index in [0.717, 1.165) is 29.3 Å². The van der Waals surface area contributed by atoms with Crippen LogP contribution in [0.15, 0.2) is 22.7 Å². The van der Waals surface area contributed by atoms with E-state index in [1.807, 2.05) is 6.07 Å². The third kappa shape index (κ3) is 2.11. The molecule has 0 aromatic heterocycles. The van der Waals surface area contributed by atoms with Gasteiger partial charge in [0.2, 0.25) is 0 Å². The van der Waals surface area contributed by atoms with Crippen molar-refractivity contribution in [2.75, 3.05) is 6.61 Å². The Hall–Kier alpha value is -0.540. The minimum Gasteiger partial charge on any atom is -0.492 e. The average Bonchev–Trinajstić information content (AvgIpc) is 2.23. The molecule has 1 aliphatic carbocycles. The van der Waals surface area contributed by atoms with E-state index in [-0.39, 0.29) is 0 Å². The second kappa shape index (κ2) is 4.38. The largest absolute Gasteiger partial charge is 0.492 e. The van der Waals surface area contributed by atoms with Gasteiger partial charge in [-0.1, -0.05) is 22.4 Å².